The number of hydrogen-bond donors (Lipinski definition) is 1. The Morgan fingerprint density at radius 2 is 2.00 bits per heavy atom. The summed E-state index contributed by atoms with van der Waals surface area (Å²) in [5.41, 5.74) is 1.03. The molecule has 1 aromatic carbocycles. The van der Waals surface area contributed by atoms with Crippen LogP contribution < -0.4 is 5.32 Å². The fourth-order valence-electron chi connectivity index (χ4n) is 1.67. The molecular formula is C12H10BrCl2NS. The van der Waals surface area contributed by atoms with Gasteiger partial charge in [0.25, 0.3) is 0 Å². The van der Waals surface area contributed by atoms with E-state index in [9.17, 15) is 0 Å². The number of halogens is 3. The Balaban J connectivity index is 2.46. The number of hydrogen-bond acceptors (Lipinski definition) is 2. The fourth-order valence-corrected chi connectivity index (χ4v) is 3.75. The summed E-state index contributed by atoms with van der Waals surface area (Å²) in [6, 6.07) is 7.81. The highest BCUT2D eigenvalue weighted by molar-refractivity contribution is 9.10. The third kappa shape index (κ3) is 2.85. The van der Waals surface area contributed by atoms with Crippen LogP contribution in [-0.4, -0.2) is 7.05 Å². The van der Waals surface area contributed by atoms with Gasteiger partial charge in [-0.15, -0.1) is 11.3 Å². The maximum Gasteiger partial charge on any atom is 0.0698 e. The van der Waals surface area contributed by atoms with Gasteiger partial charge in [-0.2, -0.15) is 0 Å². The summed E-state index contributed by atoms with van der Waals surface area (Å²) in [5, 5.41) is 6.73. The molecule has 1 unspecified atom stereocenters. The lowest BCUT2D eigenvalue weighted by Crippen LogP contribution is -2.17. The van der Waals surface area contributed by atoms with Crippen molar-refractivity contribution in [1.29, 1.82) is 0 Å². The number of benzene rings is 1. The molecule has 1 aromatic heterocycles. The Bertz CT molecular complexity index is 527. The molecule has 1 atom stereocenters. The molecule has 17 heavy (non-hydrogen) atoms. The first-order valence-corrected chi connectivity index (χ1v) is 7.41. The highest BCUT2D eigenvalue weighted by Gasteiger charge is 2.19. The van der Waals surface area contributed by atoms with Gasteiger partial charge in [0.1, 0.15) is 0 Å². The monoisotopic (exact) mass is 349 g/mol. The normalized spacial score (nSPS) is 12.7. The predicted octanol–water partition coefficient (Wildman–Crippen LogP) is 5.13. The minimum atomic E-state index is 0.0306. The van der Waals surface area contributed by atoms with Crippen LogP contribution in [0.1, 0.15) is 16.5 Å². The molecule has 0 amide bonds. The molecular weight excluding hydrogens is 341 g/mol. The summed E-state index contributed by atoms with van der Waals surface area (Å²) in [4.78, 5) is 1.08. The first-order valence-electron chi connectivity index (χ1n) is 4.98. The van der Waals surface area contributed by atoms with Crippen LogP contribution in [0, 0.1) is 0 Å². The van der Waals surface area contributed by atoms with Gasteiger partial charge >= 0.3 is 0 Å². The van der Waals surface area contributed by atoms with Gasteiger partial charge in [-0.05, 0) is 36.2 Å². The second kappa shape index (κ2) is 5.72. The largest absolute Gasteiger partial charge is 0.309 e. The van der Waals surface area contributed by atoms with Crippen LogP contribution in [0.2, 0.25) is 10.0 Å². The molecule has 0 radical (unpaired) electrons. The maximum absolute atomic E-state index is 6.26. The number of thiophene rings is 1. The number of nitrogens with one attached hydrogen (secondary N) is 1. The van der Waals surface area contributed by atoms with Crippen molar-refractivity contribution >= 4 is 50.5 Å². The average molecular weight is 351 g/mol. The van der Waals surface area contributed by atoms with Crippen molar-refractivity contribution in [2.45, 2.75) is 6.04 Å². The molecule has 5 heteroatoms. The second-order valence-corrected chi connectivity index (χ2v) is 6.20. The third-order valence-corrected chi connectivity index (χ3v) is 4.71. The highest BCUT2D eigenvalue weighted by Crippen LogP contribution is 2.36. The van der Waals surface area contributed by atoms with Gasteiger partial charge in [0.15, 0.2) is 0 Å². The zero-order chi connectivity index (χ0) is 12.4. The van der Waals surface area contributed by atoms with E-state index >= 15 is 0 Å². The van der Waals surface area contributed by atoms with Crippen molar-refractivity contribution in [3.8, 4) is 0 Å². The van der Waals surface area contributed by atoms with E-state index in [-0.39, 0.29) is 6.04 Å². The van der Waals surface area contributed by atoms with E-state index in [0.717, 1.165) is 25.0 Å². The smallest absolute Gasteiger partial charge is 0.0698 e. The lowest BCUT2D eigenvalue weighted by atomic mass is 10.1. The van der Waals surface area contributed by atoms with E-state index in [0.29, 0.717) is 0 Å². The summed E-state index contributed by atoms with van der Waals surface area (Å²) in [7, 11) is 1.90. The van der Waals surface area contributed by atoms with Crippen LogP contribution in [-0.2, 0) is 0 Å². The number of rotatable bonds is 3. The van der Waals surface area contributed by atoms with Crippen molar-refractivity contribution in [1.82, 2.24) is 5.32 Å². The van der Waals surface area contributed by atoms with Crippen LogP contribution in [0.5, 0.6) is 0 Å². The van der Waals surface area contributed by atoms with Gasteiger partial charge in [0.2, 0.25) is 0 Å². The van der Waals surface area contributed by atoms with Gasteiger partial charge in [0, 0.05) is 14.4 Å². The molecule has 0 aliphatic heterocycles. The maximum atomic E-state index is 6.26. The van der Waals surface area contributed by atoms with E-state index in [4.69, 9.17) is 23.2 Å². The van der Waals surface area contributed by atoms with Gasteiger partial charge in [0.05, 0.1) is 11.1 Å². The fraction of sp³-hybridized carbons (Fsp3) is 0.167. The van der Waals surface area contributed by atoms with Crippen molar-refractivity contribution in [3.63, 3.8) is 0 Å². The molecule has 1 nitrogen and oxygen atoms in total. The standard InChI is InChI=1S/C12H10BrCl2NS/c1-16-11(12-9(14)4-5-17-12)8-3-2-7(13)6-10(8)15/h2-6,11,16H,1H3. The molecule has 0 aliphatic carbocycles. The molecule has 0 saturated heterocycles. The molecule has 2 rings (SSSR count). The van der Waals surface area contributed by atoms with Gasteiger partial charge in [-0.25, -0.2) is 0 Å². The molecule has 0 spiro atoms. The van der Waals surface area contributed by atoms with Crippen LogP contribution in [0.3, 0.4) is 0 Å². The van der Waals surface area contributed by atoms with Crippen LogP contribution >= 0.6 is 50.5 Å². The summed E-state index contributed by atoms with van der Waals surface area (Å²) in [6.45, 7) is 0. The second-order valence-electron chi connectivity index (χ2n) is 3.52. The minimum absolute atomic E-state index is 0.0306. The van der Waals surface area contributed by atoms with E-state index in [1.165, 1.54) is 0 Å². The van der Waals surface area contributed by atoms with E-state index in [1.807, 2.05) is 36.7 Å². The lowest BCUT2D eigenvalue weighted by Gasteiger charge is -2.17. The van der Waals surface area contributed by atoms with Crippen LogP contribution in [0.15, 0.2) is 34.1 Å². The van der Waals surface area contributed by atoms with Crippen molar-refractivity contribution in [2.24, 2.45) is 0 Å². The Kier molecular flexibility index (Phi) is 4.50. The lowest BCUT2D eigenvalue weighted by molar-refractivity contribution is 0.704. The zero-order valence-electron chi connectivity index (χ0n) is 9.01. The molecule has 2 aromatic rings. The van der Waals surface area contributed by atoms with Crippen molar-refractivity contribution in [3.05, 3.63) is 54.6 Å². The topological polar surface area (TPSA) is 12.0 Å². The quantitative estimate of drug-likeness (QED) is 0.809. The Morgan fingerprint density at radius 3 is 2.53 bits per heavy atom. The molecule has 90 valence electrons. The predicted molar refractivity (Wildman–Crippen MR) is 79.4 cm³/mol. The first-order chi connectivity index (χ1) is 8.13. The van der Waals surface area contributed by atoms with Gasteiger partial charge < -0.3 is 5.32 Å². The average Bonchev–Trinajstić information content (AvgIpc) is 2.69. The minimum Gasteiger partial charge on any atom is -0.309 e. The van der Waals surface area contributed by atoms with Crippen LogP contribution in [0.25, 0.3) is 0 Å². The van der Waals surface area contributed by atoms with Crippen molar-refractivity contribution in [2.75, 3.05) is 7.05 Å². The van der Waals surface area contributed by atoms with Gasteiger partial charge in [-0.1, -0.05) is 45.2 Å². The highest BCUT2D eigenvalue weighted by atomic mass is 79.9. The van der Waals surface area contributed by atoms with Crippen LogP contribution in [0.4, 0.5) is 0 Å². The molecule has 0 saturated carbocycles. The van der Waals surface area contributed by atoms with E-state index < -0.39 is 0 Å². The van der Waals surface area contributed by atoms with Crippen molar-refractivity contribution < 1.29 is 0 Å². The third-order valence-electron chi connectivity index (χ3n) is 2.47. The molecule has 0 bridgehead atoms. The summed E-state index contributed by atoms with van der Waals surface area (Å²) < 4.78 is 0.971. The molecule has 0 aliphatic rings. The Hall–Kier alpha value is -0.0600. The molecule has 1 heterocycles. The Labute approximate surface area is 123 Å². The van der Waals surface area contributed by atoms with E-state index in [2.05, 4.69) is 21.2 Å². The summed E-state index contributed by atoms with van der Waals surface area (Å²) >= 11 is 17.5. The molecule has 0 fully saturated rings. The first kappa shape index (κ1) is 13.4. The summed E-state index contributed by atoms with van der Waals surface area (Å²) in [6.07, 6.45) is 0. The van der Waals surface area contributed by atoms with Gasteiger partial charge in [-0.3, -0.25) is 0 Å². The summed E-state index contributed by atoms with van der Waals surface area (Å²) in [5.74, 6) is 0. The zero-order valence-corrected chi connectivity index (χ0v) is 12.9. The van der Waals surface area contributed by atoms with E-state index in [1.54, 1.807) is 11.3 Å². The SMILES string of the molecule is CNC(c1ccc(Br)cc1Cl)c1sccc1Cl. The Morgan fingerprint density at radius 1 is 1.24 bits per heavy atom. The molecule has 1 N–H and O–H groups in total.